The van der Waals surface area contributed by atoms with Gasteiger partial charge >= 0.3 is 0 Å². The van der Waals surface area contributed by atoms with Crippen molar-refractivity contribution in [3.05, 3.63) is 65.2 Å². The number of fused-ring (bicyclic) bond motifs is 1. The lowest BCUT2D eigenvalue weighted by Crippen LogP contribution is -2.50. The second kappa shape index (κ2) is 6.63. The second-order valence-corrected chi connectivity index (χ2v) is 6.57. The van der Waals surface area contributed by atoms with Gasteiger partial charge in [-0.15, -0.1) is 0 Å². The van der Waals surface area contributed by atoms with Crippen LogP contribution in [0.3, 0.4) is 0 Å². The predicted octanol–water partition coefficient (Wildman–Crippen LogP) is 2.26. The molecule has 6 heteroatoms. The minimum Gasteiger partial charge on any atom is -0.345 e. The van der Waals surface area contributed by atoms with Gasteiger partial charge in [0.25, 0.3) is 5.91 Å². The van der Waals surface area contributed by atoms with E-state index in [1.807, 2.05) is 12.1 Å². The van der Waals surface area contributed by atoms with Crippen LogP contribution in [0.1, 0.15) is 46.8 Å². The fourth-order valence-electron chi connectivity index (χ4n) is 3.49. The Morgan fingerprint density at radius 3 is 2.58 bits per heavy atom. The highest BCUT2D eigenvalue weighted by Crippen LogP contribution is 2.31. The van der Waals surface area contributed by atoms with Gasteiger partial charge in [0, 0.05) is 18.4 Å². The number of amides is 3. The monoisotopic (exact) mass is 349 g/mol. The Hall–Kier alpha value is -3.15. The molecule has 0 bridgehead atoms. The number of hydrogen-bond donors (Lipinski definition) is 2. The molecule has 2 N–H and O–H groups in total. The van der Waals surface area contributed by atoms with E-state index in [0.29, 0.717) is 11.3 Å². The minimum atomic E-state index is -0.189. The molecule has 1 aliphatic carbocycles. The molecule has 0 saturated carbocycles. The third kappa shape index (κ3) is 3.06. The lowest BCUT2D eigenvalue weighted by atomic mass is 10.1. The molecule has 3 amide bonds. The summed E-state index contributed by atoms with van der Waals surface area (Å²) in [6, 6.07) is 14.9. The Balaban J connectivity index is 1.46. The van der Waals surface area contributed by atoms with Gasteiger partial charge in [0.2, 0.25) is 11.8 Å². The van der Waals surface area contributed by atoms with Crippen LogP contribution in [0.25, 0.3) is 0 Å². The van der Waals surface area contributed by atoms with E-state index in [4.69, 9.17) is 0 Å². The zero-order valence-electron chi connectivity index (χ0n) is 14.2. The number of hydrogen-bond acceptors (Lipinski definition) is 3. The first-order chi connectivity index (χ1) is 12.6. The van der Waals surface area contributed by atoms with Crippen LogP contribution in [0.2, 0.25) is 0 Å². The van der Waals surface area contributed by atoms with Gasteiger partial charge in [-0.3, -0.25) is 19.8 Å². The van der Waals surface area contributed by atoms with E-state index in [1.54, 1.807) is 24.3 Å². The quantitative estimate of drug-likeness (QED) is 0.892. The third-order valence-corrected chi connectivity index (χ3v) is 4.88. The Morgan fingerprint density at radius 2 is 1.77 bits per heavy atom. The first kappa shape index (κ1) is 16.3. The SMILES string of the molecule is O=C1CCC(=O)N(c2ccc(C(=O)N[C@@H]3CCc4ccccc43)cc2)N1. The molecule has 1 heterocycles. The van der Waals surface area contributed by atoms with Crippen LogP contribution in [-0.4, -0.2) is 17.7 Å². The van der Waals surface area contributed by atoms with E-state index in [1.165, 1.54) is 16.1 Å². The molecule has 1 atom stereocenters. The number of hydrazine groups is 1. The molecular formula is C20H19N3O3. The van der Waals surface area contributed by atoms with E-state index >= 15 is 0 Å². The topological polar surface area (TPSA) is 78.5 Å². The van der Waals surface area contributed by atoms with Crippen molar-refractivity contribution in [2.45, 2.75) is 31.7 Å². The van der Waals surface area contributed by atoms with E-state index in [2.05, 4.69) is 22.9 Å². The molecule has 1 saturated heterocycles. The van der Waals surface area contributed by atoms with Gasteiger partial charge in [-0.25, -0.2) is 5.01 Å². The molecule has 6 nitrogen and oxygen atoms in total. The van der Waals surface area contributed by atoms with Crippen LogP contribution in [-0.2, 0) is 16.0 Å². The van der Waals surface area contributed by atoms with Crippen molar-refractivity contribution in [3.8, 4) is 0 Å². The van der Waals surface area contributed by atoms with Crippen molar-refractivity contribution in [2.24, 2.45) is 0 Å². The summed E-state index contributed by atoms with van der Waals surface area (Å²) in [6.45, 7) is 0. The second-order valence-electron chi connectivity index (χ2n) is 6.57. The maximum Gasteiger partial charge on any atom is 0.251 e. The van der Waals surface area contributed by atoms with Crippen molar-refractivity contribution in [3.63, 3.8) is 0 Å². The standard InChI is InChI=1S/C20H19N3O3/c24-18-11-12-19(25)23(22-18)15-8-5-14(6-9-15)20(26)21-17-10-7-13-3-1-2-4-16(13)17/h1-6,8-9,17H,7,10-12H2,(H,21,26)(H,22,24)/t17-/m1/s1. The fraction of sp³-hybridized carbons (Fsp3) is 0.250. The zero-order valence-corrected chi connectivity index (χ0v) is 14.2. The van der Waals surface area contributed by atoms with Gasteiger partial charge < -0.3 is 5.32 Å². The van der Waals surface area contributed by atoms with Crippen LogP contribution in [0.5, 0.6) is 0 Å². The predicted molar refractivity (Wildman–Crippen MR) is 96.3 cm³/mol. The molecule has 2 aromatic rings. The van der Waals surface area contributed by atoms with E-state index < -0.39 is 0 Å². The van der Waals surface area contributed by atoms with Crippen LogP contribution in [0.4, 0.5) is 5.69 Å². The van der Waals surface area contributed by atoms with Crippen LogP contribution < -0.4 is 15.8 Å². The Bertz CT molecular complexity index is 876. The Morgan fingerprint density at radius 1 is 1.00 bits per heavy atom. The van der Waals surface area contributed by atoms with Gasteiger partial charge in [0.1, 0.15) is 0 Å². The van der Waals surface area contributed by atoms with Gasteiger partial charge in [-0.1, -0.05) is 24.3 Å². The van der Waals surface area contributed by atoms with Crippen LogP contribution >= 0.6 is 0 Å². The molecular weight excluding hydrogens is 330 g/mol. The molecule has 2 aliphatic rings. The molecule has 0 radical (unpaired) electrons. The Kier molecular flexibility index (Phi) is 4.16. The summed E-state index contributed by atoms with van der Waals surface area (Å²) in [6.07, 6.45) is 2.27. The first-order valence-electron chi connectivity index (χ1n) is 8.73. The summed E-state index contributed by atoms with van der Waals surface area (Å²) in [5, 5.41) is 4.31. The van der Waals surface area contributed by atoms with Gasteiger partial charge in [0.15, 0.2) is 0 Å². The van der Waals surface area contributed by atoms with Crippen molar-refractivity contribution in [2.75, 3.05) is 5.01 Å². The molecule has 0 unspecified atom stereocenters. The number of anilines is 1. The number of nitrogens with zero attached hydrogens (tertiary/aromatic N) is 1. The maximum absolute atomic E-state index is 12.6. The molecule has 26 heavy (non-hydrogen) atoms. The van der Waals surface area contributed by atoms with Gasteiger partial charge in [-0.2, -0.15) is 0 Å². The van der Waals surface area contributed by atoms with Crippen LogP contribution in [0, 0.1) is 0 Å². The van der Waals surface area contributed by atoms with Crippen molar-refractivity contribution < 1.29 is 14.4 Å². The highest BCUT2D eigenvalue weighted by Gasteiger charge is 2.26. The number of rotatable bonds is 3. The summed E-state index contributed by atoms with van der Waals surface area (Å²) in [5.41, 5.74) is 6.08. The number of benzene rings is 2. The lowest BCUT2D eigenvalue weighted by molar-refractivity contribution is -0.130. The Labute approximate surface area is 151 Å². The van der Waals surface area contributed by atoms with E-state index in [-0.39, 0.29) is 36.6 Å². The molecule has 4 rings (SSSR count). The summed E-state index contributed by atoms with van der Waals surface area (Å²) in [4.78, 5) is 36.0. The smallest absolute Gasteiger partial charge is 0.251 e. The molecule has 2 aromatic carbocycles. The first-order valence-corrected chi connectivity index (χ1v) is 8.73. The summed E-state index contributed by atoms with van der Waals surface area (Å²) < 4.78 is 0. The van der Waals surface area contributed by atoms with Crippen molar-refractivity contribution in [1.82, 2.24) is 10.7 Å². The largest absolute Gasteiger partial charge is 0.345 e. The number of aryl methyl sites for hydroxylation is 1. The number of carbonyl (C=O) groups is 3. The normalized spacial score (nSPS) is 19.1. The highest BCUT2D eigenvalue weighted by molar-refractivity contribution is 6.01. The summed E-state index contributed by atoms with van der Waals surface area (Å²) >= 11 is 0. The molecule has 1 fully saturated rings. The highest BCUT2D eigenvalue weighted by atomic mass is 16.2. The van der Waals surface area contributed by atoms with Crippen LogP contribution in [0.15, 0.2) is 48.5 Å². The van der Waals surface area contributed by atoms with Crippen molar-refractivity contribution in [1.29, 1.82) is 0 Å². The molecule has 132 valence electrons. The fourth-order valence-corrected chi connectivity index (χ4v) is 3.49. The molecule has 0 spiro atoms. The van der Waals surface area contributed by atoms with Gasteiger partial charge in [0.05, 0.1) is 11.7 Å². The summed E-state index contributed by atoms with van der Waals surface area (Å²) in [5.74, 6) is -0.497. The van der Waals surface area contributed by atoms with Gasteiger partial charge in [-0.05, 0) is 48.2 Å². The summed E-state index contributed by atoms with van der Waals surface area (Å²) in [7, 11) is 0. The minimum absolute atomic E-state index is 0.0290. The molecule has 1 aliphatic heterocycles. The number of carbonyl (C=O) groups excluding carboxylic acids is 3. The lowest BCUT2D eigenvalue weighted by Gasteiger charge is -2.27. The molecule has 0 aromatic heterocycles. The maximum atomic E-state index is 12.6. The average Bonchev–Trinajstić information content (AvgIpc) is 3.07. The third-order valence-electron chi connectivity index (χ3n) is 4.88. The van der Waals surface area contributed by atoms with Crippen molar-refractivity contribution >= 4 is 23.4 Å². The average molecular weight is 349 g/mol. The van der Waals surface area contributed by atoms with E-state index in [9.17, 15) is 14.4 Å². The number of nitrogens with one attached hydrogen (secondary N) is 2. The zero-order chi connectivity index (χ0) is 18.1. The van der Waals surface area contributed by atoms with E-state index in [0.717, 1.165) is 12.8 Å².